The van der Waals surface area contributed by atoms with Gasteiger partial charge in [-0.2, -0.15) is 0 Å². The Morgan fingerprint density at radius 1 is 1.40 bits per heavy atom. The summed E-state index contributed by atoms with van der Waals surface area (Å²) in [5.74, 6) is 1.10. The standard InChI is InChI=1S/C16H18ClN5O3/c1-2-13-15(17)16(20-10-19-13)21-7-3-4-12(9-21)25-14-6-5-11(8-18-14)22(23)24/h5-6,8,10,12H,2-4,7,9H2,1H3. The molecule has 3 heterocycles. The maximum absolute atomic E-state index is 10.7. The van der Waals surface area contributed by atoms with Crippen LogP contribution in [0, 0.1) is 10.1 Å². The summed E-state index contributed by atoms with van der Waals surface area (Å²) >= 11 is 6.41. The zero-order chi connectivity index (χ0) is 17.8. The quantitative estimate of drug-likeness (QED) is 0.595. The van der Waals surface area contributed by atoms with Crippen molar-refractivity contribution in [2.45, 2.75) is 32.3 Å². The minimum atomic E-state index is -0.485. The van der Waals surface area contributed by atoms with Crippen LogP contribution in [-0.4, -0.2) is 39.1 Å². The molecular formula is C16H18ClN5O3. The summed E-state index contributed by atoms with van der Waals surface area (Å²) in [6.07, 6.45) is 5.19. The van der Waals surface area contributed by atoms with Gasteiger partial charge in [0.25, 0.3) is 5.69 Å². The third-order valence-corrected chi connectivity index (χ3v) is 4.46. The van der Waals surface area contributed by atoms with Crippen LogP contribution in [0.15, 0.2) is 24.7 Å². The molecule has 25 heavy (non-hydrogen) atoms. The minimum Gasteiger partial charge on any atom is -0.472 e. The van der Waals surface area contributed by atoms with Gasteiger partial charge in [0, 0.05) is 18.7 Å². The summed E-state index contributed by atoms with van der Waals surface area (Å²) in [5.41, 5.74) is 0.768. The maximum Gasteiger partial charge on any atom is 0.287 e. The van der Waals surface area contributed by atoms with E-state index in [1.807, 2.05) is 6.92 Å². The number of aryl methyl sites for hydroxylation is 1. The van der Waals surface area contributed by atoms with E-state index in [4.69, 9.17) is 16.3 Å². The zero-order valence-corrected chi connectivity index (χ0v) is 14.5. The van der Waals surface area contributed by atoms with Crippen molar-refractivity contribution in [3.05, 3.63) is 45.5 Å². The van der Waals surface area contributed by atoms with Crippen LogP contribution in [-0.2, 0) is 6.42 Å². The van der Waals surface area contributed by atoms with E-state index in [2.05, 4.69) is 19.9 Å². The molecule has 0 amide bonds. The van der Waals surface area contributed by atoms with E-state index >= 15 is 0 Å². The molecule has 1 saturated heterocycles. The Labute approximate surface area is 150 Å². The second-order valence-electron chi connectivity index (χ2n) is 5.75. The number of nitro groups is 1. The Balaban J connectivity index is 1.70. The highest BCUT2D eigenvalue weighted by atomic mass is 35.5. The molecule has 0 aromatic carbocycles. The fourth-order valence-electron chi connectivity index (χ4n) is 2.81. The summed E-state index contributed by atoms with van der Waals surface area (Å²) in [4.78, 5) is 24.8. The maximum atomic E-state index is 10.7. The molecule has 2 aromatic heterocycles. The van der Waals surface area contributed by atoms with E-state index in [9.17, 15) is 10.1 Å². The molecule has 1 aliphatic rings. The van der Waals surface area contributed by atoms with Gasteiger partial charge in [0.2, 0.25) is 5.88 Å². The van der Waals surface area contributed by atoms with Gasteiger partial charge < -0.3 is 9.64 Å². The van der Waals surface area contributed by atoms with Gasteiger partial charge in [-0.05, 0) is 19.3 Å². The molecule has 1 unspecified atom stereocenters. The highest BCUT2D eigenvalue weighted by Gasteiger charge is 2.25. The van der Waals surface area contributed by atoms with Crippen LogP contribution >= 0.6 is 11.6 Å². The van der Waals surface area contributed by atoms with Crippen LogP contribution in [0.25, 0.3) is 0 Å². The SMILES string of the molecule is CCc1ncnc(N2CCCC(Oc3ccc([N+](=O)[O-])cn3)C2)c1Cl. The molecule has 1 fully saturated rings. The molecule has 0 spiro atoms. The van der Waals surface area contributed by atoms with Crippen molar-refractivity contribution < 1.29 is 9.66 Å². The number of ether oxygens (including phenoxy) is 1. The van der Waals surface area contributed by atoms with E-state index in [1.165, 1.54) is 24.7 Å². The van der Waals surface area contributed by atoms with Crippen LogP contribution < -0.4 is 9.64 Å². The van der Waals surface area contributed by atoms with Crippen molar-refractivity contribution >= 4 is 23.1 Å². The first-order valence-electron chi connectivity index (χ1n) is 8.10. The first-order valence-corrected chi connectivity index (χ1v) is 8.47. The van der Waals surface area contributed by atoms with Crippen molar-refractivity contribution in [3.63, 3.8) is 0 Å². The third-order valence-electron chi connectivity index (χ3n) is 4.07. The number of anilines is 1. The fraction of sp³-hybridized carbons (Fsp3) is 0.438. The van der Waals surface area contributed by atoms with Gasteiger partial charge in [-0.1, -0.05) is 18.5 Å². The van der Waals surface area contributed by atoms with Crippen molar-refractivity contribution in [3.8, 4) is 5.88 Å². The number of hydrogen-bond donors (Lipinski definition) is 0. The lowest BCUT2D eigenvalue weighted by Crippen LogP contribution is -2.42. The highest BCUT2D eigenvalue weighted by molar-refractivity contribution is 6.33. The van der Waals surface area contributed by atoms with Gasteiger partial charge >= 0.3 is 0 Å². The number of hydrogen-bond acceptors (Lipinski definition) is 7. The predicted molar refractivity (Wildman–Crippen MR) is 93.2 cm³/mol. The first-order chi connectivity index (χ1) is 12.1. The predicted octanol–water partition coefficient (Wildman–Crippen LogP) is 3.04. The molecule has 9 heteroatoms. The Hall–Kier alpha value is -2.48. The molecule has 2 aromatic rings. The molecule has 0 N–H and O–H groups in total. The molecule has 8 nitrogen and oxygen atoms in total. The molecule has 3 rings (SSSR count). The number of aromatic nitrogens is 3. The molecule has 0 aliphatic carbocycles. The normalized spacial score (nSPS) is 17.4. The Morgan fingerprint density at radius 2 is 2.24 bits per heavy atom. The van der Waals surface area contributed by atoms with E-state index < -0.39 is 4.92 Å². The lowest BCUT2D eigenvalue weighted by molar-refractivity contribution is -0.385. The number of rotatable bonds is 5. The summed E-state index contributed by atoms with van der Waals surface area (Å²) in [6.45, 7) is 3.46. The lowest BCUT2D eigenvalue weighted by atomic mass is 10.1. The first kappa shape index (κ1) is 17.3. The van der Waals surface area contributed by atoms with Crippen LogP contribution in [0.3, 0.4) is 0 Å². The minimum absolute atomic E-state index is 0.0579. The smallest absolute Gasteiger partial charge is 0.287 e. The largest absolute Gasteiger partial charge is 0.472 e. The van der Waals surface area contributed by atoms with Crippen molar-refractivity contribution in [1.82, 2.24) is 15.0 Å². The molecule has 0 bridgehead atoms. The molecule has 0 radical (unpaired) electrons. The van der Waals surface area contributed by atoms with Gasteiger partial charge in [-0.25, -0.2) is 15.0 Å². The second-order valence-corrected chi connectivity index (χ2v) is 6.13. The topological polar surface area (TPSA) is 94.3 Å². The molecule has 0 saturated carbocycles. The van der Waals surface area contributed by atoms with E-state index in [1.54, 1.807) is 0 Å². The fourth-order valence-corrected chi connectivity index (χ4v) is 3.16. The van der Waals surface area contributed by atoms with Gasteiger partial charge in [-0.15, -0.1) is 0 Å². The van der Waals surface area contributed by atoms with Crippen LogP contribution in [0.1, 0.15) is 25.5 Å². The third kappa shape index (κ3) is 3.96. The van der Waals surface area contributed by atoms with Crippen molar-refractivity contribution in [2.75, 3.05) is 18.0 Å². The van der Waals surface area contributed by atoms with Gasteiger partial charge in [0.05, 0.1) is 17.2 Å². The monoisotopic (exact) mass is 363 g/mol. The van der Waals surface area contributed by atoms with E-state index in [0.717, 1.165) is 37.3 Å². The summed E-state index contributed by atoms with van der Waals surface area (Å²) in [5, 5.41) is 11.3. The number of pyridine rings is 1. The summed E-state index contributed by atoms with van der Waals surface area (Å²) in [7, 11) is 0. The molecule has 132 valence electrons. The molecule has 1 atom stereocenters. The van der Waals surface area contributed by atoms with Crippen LogP contribution in [0.4, 0.5) is 11.5 Å². The Bertz CT molecular complexity index is 756. The Morgan fingerprint density at radius 3 is 2.92 bits per heavy atom. The number of halogens is 1. The van der Waals surface area contributed by atoms with Crippen LogP contribution in [0.5, 0.6) is 5.88 Å². The van der Waals surface area contributed by atoms with Gasteiger partial charge in [0.1, 0.15) is 23.7 Å². The Kier molecular flexibility index (Phi) is 5.28. The second kappa shape index (κ2) is 7.60. The zero-order valence-electron chi connectivity index (χ0n) is 13.8. The van der Waals surface area contributed by atoms with Crippen LogP contribution in [0.2, 0.25) is 5.02 Å². The lowest BCUT2D eigenvalue weighted by Gasteiger charge is -2.33. The number of nitrogens with zero attached hydrogens (tertiary/aromatic N) is 5. The average Bonchev–Trinajstić information content (AvgIpc) is 2.62. The molecular weight excluding hydrogens is 346 g/mol. The van der Waals surface area contributed by atoms with Crippen molar-refractivity contribution in [2.24, 2.45) is 0 Å². The van der Waals surface area contributed by atoms with Crippen molar-refractivity contribution in [1.29, 1.82) is 0 Å². The molecule has 1 aliphatic heterocycles. The van der Waals surface area contributed by atoms with Gasteiger partial charge in [-0.3, -0.25) is 10.1 Å². The average molecular weight is 364 g/mol. The number of piperidine rings is 1. The van der Waals surface area contributed by atoms with Gasteiger partial charge in [0.15, 0.2) is 5.82 Å². The van der Waals surface area contributed by atoms with E-state index in [-0.39, 0.29) is 11.8 Å². The summed E-state index contributed by atoms with van der Waals surface area (Å²) < 4.78 is 5.88. The van der Waals surface area contributed by atoms with E-state index in [0.29, 0.717) is 17.4 Å². The summed E-state index contributed by atoms with van der Waals surface area (Å²) in [6, 6.07) is 2.90. The highest BCUT2D eigenvalue weighted by Crippen LogP contribution is 2.29.